The van der Waals surface area contributed by atoms with Crippen LogP contribution in [-0.4, -0.2) is 51.6 Å². The van der Waals surface area contributed by atoms with Crippen LogP contribution in [0, 0.1) is 0 Å². The number of H-pyrrole nitrogens is 1. The summed E-state index contributed by atoms with van der Waals surface area (Å²) in [5.41, 5.74) is 2.85. The van der Waals surface area contributed by atoms with E-state index in [0.717, 1.165) is 53.6 Å². The second-order valence-corrected chi connectivity index (χ2v) is 12.5. The number of pyridine rings is 1. The van der Waals surface area contributed by atoms with E-state index in [2.05, 4.69) is 25.5 Å². The first-order chi connectivity index (χ1) is 19.8. The van der Waals surface area contributed by atoms with E-state index < -0.39 is 11.5 Å². The lowest BCUT2D eigenvalue weighted by molar-refractivity contribution is -0.119. The number of carbonyl (C=O) groups excluding carboxylic acids is 2. The number of halogens is 2. The molecule has 0 atom stereocenters. The molecule has 212 valence electrons. The van der Waals surface area contributed by atoms with Gasteiger partial charge in [-0.3, -0.25) is 19.3 Å². The van der Waals surface area contributed by atoms with E-state index >= 15 is 0 Å². The van der Waals surface area contributed by atoms with Crippen LogP contribution in [0.2, 0.25) is 10.0 Å². The van der Waals surface area contributed by atoms with E-state index in [1.54, 1.807) is 18.2 Å². The summed E-state index contributed by atoms with van der Waals surface area (Å²) in [6, 6.07) is 16.2. The summed E-state index contributed by atoms with van der Waals surface area (Å²) in [6.07, 6.45) is 3.27. The maximum Gasteiger partial charge on any atom is 0.261 e. The highest BCUT2D eigenvalue weighted by Crippen LogP contribution is 2.30. The molecule has 0 radical (unpaired) electrons. The highest BCUT2D eigenvalue weighted by Gasteiger charge is 2.21. The van der Waals surface area contributed by atoms with E-state index in [0.29, 0.717) is 15.7 Å². The fraction of sp³-hybridized carbons (Fsp3) is 0.241. The Kier molecular flexibility index (Phi) is 9.79. The molecule has 12 heteroatoms. The summed E-state index contributed by atoms with van der Waals surface area (Å²) in [4.78, 5) is 46.5. The van der Waals surface area contributed by atoms with Crippen LogP contribution in [0.1, 0.15) is 28.8 Å². The zero-order chi connectivity index (χ0) is 28.8. The van der Waals surface area contributed by atoms with Gasteiger partial charge < -0.3 is 15.6 Å². The Labute approximate surface area is 255 Å². The van der Waals surface area contributed by atoms with Crippen LogP contribution >= 0.6 is 46.3 Å². The number of piperidine rings is 1. The number of benzene rings is 2. The van der Waals surface area contributed by atoms with Crippen molar-refractivity contribution in [1.29, 1.82) is 0 Å². The Hall–Kier alpha value is -3.15. The van der Waals surface area contributed by atoms with Crippen LogP contribution in [0.4, 0.5) is 5.69 Å². The molecule has 2 amide bonds. The molecular formula is C29H27Cl2N5O3S2. The molecule has 0 spiro atoms. The van der Waals surface area contributed by atoms with Gasteiger partial charge in [-0.05, 0) is 54.8 Å². The molecule has 1 saturated heterocycles. The van der Waals surface area contributed by atoms with Crippen LogP contribution in [0.15, 0.2) is 75.3 Å². The molecule has 1 aliphatic heterocycles. The molecule has 0 aliphatic carbocycles. The molecule has 41 heavy (non-hydrogen) atoms. The number of nitrogens with one attached hydrogen (secondary N) is 3. The minimum Gasteiger partial charge on any atom is -0.353 e. The average Bonchev–Trinajstić information content (AvgIpc) is 3.45. The average molecular weight is 629 g/mol. The zero-order valence-electron chi connectivity index (χ0n) is 21.9. The topological polar surface area (TPSA) is 107 Å². The predicted octanol–water partition coefficient (Wildman–Crippen LogP) is 5.93. The van der Waals surface area contributed by atoms with Gasteiger partial charge in [0.15, 0.2) is 4.34 Å². The Morgan fingerprint density at radius 3 is 2.68 bits per heavy atom. The van der Waals surface area contributed by atoms with Crippen molar-refractivity contribution < 1.29 is 9.59 Å². The van der Waals surface area contributed by atoms with Gasteiger partial charge in [-0.2, -0.15) is 0 Å². The highest BCUT2D eigenvalue weighted by molar-refractivity contribution is 8.01. The molecule has 0 unspecified atom stereocenters. The summed E-state index contributed by atoms with van der Waals surface area (Å²) in [6.45, 7) is 2.60. The number of likely N-dealkylation sites (tertiary alicyclic amines) is 1. The molecule has 0 bridgehead atoms. The number of rotatable bonds is 9. The van der Waals surface area contributed by atoms with E-state index in [4.69, 9.17) is 23.2 Å². The van der Waals surface area contributed by atoms with Crippen LogP contribution < -0.4 is 16.2 Å². The highest BCUT2D eigenvalue weighted by atomic mass is 35.5. The number of hydrogen-bond donors (Lipinski definition) is 3. The largest absolute Gasteiger partial charge is 0.353 e. The summed E-state index contributed by atoms with van der Waals surface area (Å²) < 4.78 is 0.789. The van der Waals surface area contributed by atoms with Crippen molar-refractivity contribution in [2.45, 2.75) is 29.8 Å². The SMILES string of the molecule is O=C(CSc1nc(-c2cccc(NC(=O)c3ccc[nH]c3=O)c2)cs1)NC1CCN(Cc2ccc(Cl)c(Cl)c2)CC1. The Balaban J connectivity index is 1.08. The number of nitrogens with zero attached hydrogens (tertiary/aromatic N) is 2. The number of aromatic nitrogens is 2. The Morgan fingerprint density at radius 2 is 1.90 bits per heavy atom. The monoisotopic (exact) mass is 627 g/mol. The van der Waals surface area contributed by atoms with Crippen LogP contribution in [0.5, 0.6) is 0 Å². The van der Waals surface area contributed by atoms with E-state index in [9.17, 15) is 14.4 Å². The van der Waals surface area contributed by atoms with Crippen molar-refractivity contribution in [3.8, 4) is 11.3 Å². The fourth-order valence-corrected chi connectivity index (χ4v) is 6.51. The van der Waals surface area contributed by atoms with Crippen molar-refractivity contribution in [3.63, 3.8) is 0 Å². The molecule has 1 aliphatic rings. The molecule has 1 fully saturated rings. The van der Waals surface area contributed by atoms with Crippen molar-refractivity contribution in [2.24, 2.45) is 0 Å². The molecule has 2 aromatic carbocycles. The first-order valence-corrected chi connectivity index (χ1v) is 15.6. The predicted molar refractivity (Wildman–Crippen MR) is 166 cm³/mol. The van der Waals surface area contributed by atoms with Crippen molar-refractivity contribution in [1.82, 2.24) is 20.2 Å². The smallest absolute Gasteiger partial charge is 0.261 e. The number of anilines is 1. The van der Waals surface area contributed by atoms with Crippen LogP contribution in [0.3, 0.4) is 0 Å². The third-order valence-corrected chi connectivity index (χ3v) is 9.39. The summed E-state index contributed by atoms with van der Waals surface area (Å²) in [5, 5.41) is 8.96. The van der Waals surface area contributed by atoms with Crippen LogP contribution in [-0.2, 0) is 11.3 Å². The number of thiazole rings is 1. The van der Waals surface area contributed by atoms with E-state index in [1.807, 2.05) is 35.7 Å². The van der Waals surface area contributed by atoms with Gasteiger partial charge in [0.25, 0.3) is 11.5 Å². The quantitative estimate of drug-likeness (QED) is 0.199. The van der Waals surface area contributed by atoms with Crippen molar-refractivity contribution in [2.75, 3.05) is 24.2 Å². The zero-order valence-corrected chi connectivity index (χ0v) is 25.0. The van der Waals surface area contributed by atoms with Crippen LogP contribution in [0.25, 0.3) is 11.3 Å². The first-order valence-electron chi connectivity index (χ1n) is 13.0. The number of aromatic amines is 1. The third kappa shape index (κ3) is 7.99. The minimum absolute atomic E-state index is 0.00436. The number of hydrogen-bond acceptors (Lipinski definition) is 7. The Morgan fingerprint density at radius 1 is 1.07 bits per heavy atom. The molecule has 5 rings (SSSR count). The van der Waals surface area contributed by atoms with E-state index in [1.165, 1.54) is 35.4 Å². The maximum absolute atomic E-state index is 12.6. The summed E-state index contributed by atoms with van der Waals surface area (Å²) in [5.74, 6) is -0.199. The number of thioether (sulfide) groups is 1. The van der Waals surface area contributed by atoms with Gasteiger partial charge in [0.1, 0.15) is 5.56 Å². The van der Waals surface area contributed by atoms with Crippen molar-refractivity contribution >= 4 is 63.8 Å². The van der Waals surface area contributed by atoms with Gasteiger partial charge in [-0.1, -0.05) is 53.2 Å². The normalized spacial score (nSPS) is 14.1. The third-order valence-electron chi connectivity index (χ3n) is 6.63. The molecule has 2 aromatic heterocycles. The lowest BCUT2D eigenvalue weighted by Gasteiger charge is -2.32. The summed E-state index contributed by atoms with van der Waals surface area (Å²) >= 11 is 15.0. The molecule has 4 aromatic rings. The van der Waals surface area contributed by atoms with Gasteiger partial charge >= 0.3 is 0 Å². The van der Waals surface area contributed by atoms with E-state index in [-0.39, 0.29) is 23.3 Å². The molecule has 8 nitrogen and oxygen atoms in total. The van der Waals surface area contributed by atoms with Gasteiger partial charge in [-0.15, -0.1) is 11.3 Å². The van der Waals surface area contributed by atoms with Gasteiger partial charge in [0.2, 0.25) is 5.91 Å². The van der Waals surface area contributed by atoms with Gasteiger partial charge in [0.05, 0.1) is 21.5 Å². The number of carbonyl (C=O) groups is 2. The second-order valence-electron chi connectivity index (χ2n) is 9.60. The van der Waals surface area contributed by atoms with Gasteiger partial charge in [0, 0.05) is 48.5 Å². The lowest BCUT2D eigenvalue weighted by atomic mass is 10.0. The van der Waals surface area contributed by atoms with Crippen molar-refractivity contribution in [3.05, 3.63) is 97.7 Å². The molecule has 3 heterocycles. The Bertz CT molecular complexity index is 1600. The first kappa shape index (κ1) is 29.3. The number of amides is 2. The standard InChI is InChI=1S/C29H27Cl2N5O3S2/c30-23-7-6-18(13-24(23)31)15-36-11-8-20(9-12-36)33-26(37)17-41-29-35-25(16-40-29)19-3-1-4-21(14-19)34-28(39)22-5-2-10-32-27(22)38/h1-7,10,13-14,16,20H,8-9,11-12,15,17H2,(H,32,38)(H,33,37)(H,34,39). The fourth-order valence-electron chi connectivity index (χ4n) is 4.54. The maximum atomic E-state index is 12.6. The molecule has 0 saturated carbocycles. The van der Waals surface area contributed by atoms with Gasteiger partial charge in [-0.25, -0.2) is 4.98 Å². The minimum atomic E-state index is -0.485. The lowest BCUT2D eigenvalue weighted by Crippen LogP contribution is -2.44. The molecule has 3 N–H and O–H groups in total. The molecular weight excluding hydrogens is 601 g/mol. The summed E-state index contributed by atoms with van der Waals surface area (Å²) in [7, 11) is 0. The second kappa shape index (κ2) is 13.7.